The van der Waals surface area contributed by atoms with Gasteiger partial charge in [0.15, 0.2) is 5.82 Å². The SMILES string of the molecule is CCOc1c(C(=O)O)cnn1-c1cccc(-c2cccc(C)c2OCc2ccc3c(c2)CCN(C2CCOC2C)C3)n1. The van der Waals surface area contributed by atoms with E-state index in [4.69, 9.17) is 19.2 Å². The van der Waals surface area contributed by atoms with Crippen molar-refractivity contribution in [2.75, 3.05) is 19.8 Å². The molecule has 9 nitrogen and oxygen atoms in total. The Morgan fingerprint density at radius 1 is 1.12 bits per heavy atom. The maximum atomic E-state index is 11.7. The second-order valence-corrected chi connectivity index (χ2v) is 10.9. The van der Waals surface area contributed by atoms with E-state index in [0.717, 1.165) is 55.0 Å². The van der Waals surface area contributed by atoms with Crippen LogP contribution in [-0.2, 0) is 24.3 Å². The van der Waals surface area contributed by atoms with Crippen molar-refractivity contribution in [1.29, 1.82) is 0 Å². The van der Waals surface area contributed by atoms with Crippen LogP contribution in [-0.4, -0.2) is 62.6 Å². The average molecular weight is 569 g/mol. The van der Waals surface area contributed by atoms with Gasteiger partial charge < -0.3 is 19.3 Å². The van der Waals surface area contributed by atoms with E-state index >= 15 is 0 Å². The van der Waals surface area contributed by atoms with Crippen LogP contribution in [0.2, 0.25) is 0 Å². The Morgan fingerprint density at radius 3 is 2.76 bits per heavy atom. The molecule has 2 aliphatic heterocycles. The van der Waals surface area contributed by atoms with Crippen molar-refractivity contribution < 1.29 is 24.1 Å². The Bertz CT molecular complexity index is 1600. The van der Waals surface area contributed by atoms with Gasteiger partial charge >= 0.3 is 5.97 Å². The van der Waals surface area contributed by atoms with Gasteiger partial charge in [0.05, 0.1) is 24.6 Å². The lowest BCUT2D eigenvalue weighted by Gasteiger charge is -2.35. The third-order valence-electron chi connectivity index (χ3n) is 8.18. The number of aromatic carboxylic acids is 1. The summed E-state index contributed by atoms with van der Waals surface area (Å²) in [5.41, 5.74) is 6.45. The van der Waals surface area contributed by atoms with Crippen LogP contribution in [0.3, 0.4) is 0 Å². The topological polar surface area (TPSA) is 98.9 Å². The maximum Gasteiger partial charge on any atom is 0.342 e. The summed E-state index contributed by atoms with van der Waals surface area (Å²) < 4.78 is 19.3. The van der Waals surface area contributed by atoms with E-state index in [2.05, 4.69) is 35.1 Å². The molecule has 0 bridgehead atoms. The summed E-state index contributed by atoms with van der Waals surface area (Å²) in [6, 6.07) is 18.7. The number of rotatable bonds is 9. The highest BCUT2D eigenvalue weighted by Gasteiger charge is 2.32. The van der Waals surface area contributed by atoms with Crippen LogP contribution in [0.5, 0.6) is 11.6 Å². The average Bonchev–Trinajstić information content (AvgIpc) is 3.62. The molecular weight excluding hydrogens is 532 g/mol. The summed E-state index contributed by atoms with van der Waals surface area (Å²) in [5.74, 6) is 0.265. The molecule has 2 atom stereocenters. The normalized spacial score (nSPS) is 18.5. The number of nitrogens with zero attached hydrogens (tertiary/aromatic N) is 4. The zero-order valence-electron chi connectivity index (χ0n) is 24.2. The van der Waals surface area contributed by atoms with Gasteiger partial charge in [-0.05, 0) is 74.1 Å². The summed E-state index contributed by atoms with van der Waals surface area (Å²) in [7, 11) is 0. The number of aromatic nitrogens is 3. The molecule has 2 unspecified atom stereocenters. The molecule has 1 saturated heterocycles. The predicted molar refractivity (Wildman–Crippen MR) is 158 cm³/mol. The van der Waals surface area contributed by atoms with E-state index in [1.807, 2.05) is 37.3 Å². The molecule has 6 rings (SSSR count). The molecule has 9 heteroatoms. The Balaban J connectivity index is 1.22. The zero-order valence-corrected chi connectivity index (χ0v) is 24.2. The number of carboxylic acids is 1. The second-order valence-electron chi connectivity index (χ2n) is 10.9. The zero-order chi connectivity index (χ0) is 29.2. The lowest BCUT2D eigenvalue weighted by atomic mass is 9.95. The van der Waals surface area contributed by atoms with Gasteiger partial charge in [-0.25, -0.2) is 9.78 Å². The number of benzene rings is 2. The first-order chi connectivity index (χ1) is 20.4. The van der Waals surface area contributed by atoms with Crippen LogP contribution in [0.1, 0.15) is 52.9 Å². The van der Waals surface area contributed by atoms with Gasteiger partial charge in [-0.15, -0.1) is 0 Å². The lowest BCUT2D eigenvalue weighted by Crippen LogP contribution is -2.42. The number of ether oxygens (including phenoxy) is 3. The first-order valence-electron chi connectivity index (χ1n) is 14.5. The van der Waals surface area contributed by atoms with Gasteiger partial charge in [-0.1, -0.05) is 36.4 Å². The van der Waals surface area contributed by atoms with Gasteiger partial charge in [0.2, 0.25) is 5.88 Å². The third kappa shape index (κ3) is 5.49. The minimum absolute atomic E-state index is 0.0106. The van der Waals surface area contributed by atoms with E-state index in [1.54, 1.807) is 13.0 Å². The molecular formula is C33H36N4O5. The highest BCUT2D eigenvalue weighted by atomic mass is 16.5. The monoisotopic (exact) mass is 568 g/mol. The van der Waals surface area contributed by atoms with Crippen LogP contribution >= 0.6 is 0 Å². The van der Waals surface area contributed by atoms with Gasteiger partial charge in [-0.2, -0.15) is 9.78 Å². The first kappa shape index (κ1) is 27.9. The molecule has 0 amide bonds. The molecule has 1 N–H and O–H groups in total. The Morgan fingerprint density at radius 2 is 1.98 bits per heavy atom. The highest BCUT2D eigenvalue weighted by molar-refractivity contribution is 5.90. The van der Waals surface area contributed by atoms with Gasteiger partial charge in [0.25, 0.3) is 0 Å². The fourth-order valence-corrected chi connectivity index (χ4v) is 6.02. The summed E-state index contributed by atoms with van der Waals surface area (Å²) >= 11 is 0. The largest absolute Gasteiger partial charge is 0.488 e. The quantitative estimate of drug-likeness (QED) is 0.285. The van der Waals surface area contributed by atoms with Crippen LogP contribution in [0, 0.1) is 6.92 Å². The number of para-hydroxylation sites is 1. The summed E-state index contributed by atoms with van der Waals surface area (Å²) in [4.78, 5) is 19.1. The van der Waals surface area contributed by atoms with Crippen molar-refractivity contribution in [3.05, 3.63) is 88.6 Å². The van der Waals surface area contributed by atoms with Crippen molar-refractivity contribution in [3.8, 4) is 28.7 Å². The molecule has 0 spiro atoms. The smallest absolute Gasteiger partial charge is 0.342 e. The van der Waals surface area contributed by atoms with Crippen LogP contribution in [0.15, 0.2) is 60.8 Å². The fraction of sp³-hybridized carbons (Fsp3) is 0.364. The van der Waals surface area contributed by atoms with E-state index in [-0.39, 0.29) is 11.4 Å². The van der Waals surface area contributed by atoms with Gasteiger partial charge in [0.1, 0.15) is 17.9 Å². The summed E-state index contributed by atoms with van der Waals surface area (Å²) in [5, 5.41) is 13.8. The van der Waals surface area contributed by atoms with Crippen LogP contribution in [0.4, 0.5) is 0 Å². The lowest BCUT2D eigenvalue weighted by molar-refractivity contribution is 0.0683. The van der Waals surface area contributed by atoms with E-state index in [0.29, 0.717) is 36.9 Å². The molecule has 1 fully saturated rings. The molecule has 42 heavy (non-hydrogen) atoms. The van der Waals surface area contributed by atoms with Crippen molar-refractivity contribution in [2.45, 2.75) is 58.9 Å². The molecule has 218 valence electrons. The predicted octanol–water partition coefficient (Wildman–Crippen LogP) is 5.45. The van der Waals surface area contributed by atoms with Crippen LogP contribution in [0.25, 0.3) is 17.1 Å². The number of carbonyl (C=O) groups is 1. The number of carboxylic acid groups (broad SMARTS) is 1. The summed E-state index contributed by atoms with van der Waals surface area (Å²) in [6.07, 6.45) is 3.71. The van der Waals surface area contributed by atoms with Crippen molar-refractivity contribution in [3.63, 3.8) is 0 Å². The molecule has 0 radical (unpaired) electrons. The van der Waals surface area contributed by atoms with Crippen molar-refractivity contribution in [1.82, 2.24) is 19.7 Å². The van der Waals surface area contributed by atoms with Crippen molar-refractivity contribution in [2.24, 2.45) is 0 Å². The van der Waals surface area contributed by atoms with E-state index < -0.39 is 5.97 Å². The third-order valence-corrected chi connectivity index (χ3v) is 8.18. The second kappa shape index (κ2) is 12.0. The summed E-state index contributed by atoms with van der Waals surface area (Å²) in [6.45, 7) is 9.63. The molecule has 4 aromatic rings. The Hall–Kier alpha value is -4.21. The highest BCUT2D eigenvalue weighted by Crippen LogP contribution is 2.34. The first-order valence-corrected chi connectivity index (χ1v) is 14.5. The minimum Gasteiger partial charge on any atom is -0.488 e. The van der Waals surface area contributed by atoms with E-state index in [9.17, 15) is 9.90 Å². The maximum absolute atomic E-state index is 11.7. The number of aryl methyl sites for hydroxylation is 1. The minimum atomic E-state index is -1.10. The number of hydrogen-bond acceptors (Lipinski definition) is 7. The number of pyridine rings is 1. The number of fused-ring (bicyclic) bond motifs is 1. The molecule has 2 aromatic carbocycles. The molecule has 0 aliphatic carbocycles. The Kier molecular flexibility index (Phi) is 7.95. The molecule has 0 saturated carbocycles. The van der Waals surface area contributed by atoms with Crippen LogP contribution < -0.4 is 9.47 Å². The Labute approximate surface area is 245 Å². The van der Waals surface area contributed by atoms with Gasteiger partial charge in [0, 0.05) is 31.3 Å². The van der Waals surface area contributed by atoms with E-state index in [1.165, 1.54) is 22.0 Å². The standard InChI is InChI=1S/C33H36N4O5/c1-4-40-32-27(33(38)39)18-34-37(32)30-10-6-9-28(35-30)26-8-5-7-21(2)31(26)42-20-23-11-12-25-19-36(15-13-24(25)17-23)29-14-16-41-22(29)3/h5-12,17-18,22,29H,4,13-16,19-20H2,1-3H3,(H,38,39). The molecule has 2 aromatic heterocycles. The van der Waals surface area contributed by atoms with Gasteiger partial charge in [-0.3, -0.25) is 4.90 Å². The molecule has 2 aliphatic rings. The van der Waals surface area contributed by atoms with Crippen molar-refractivity contribution >= 4 is 5.97 Å². The fourth-order valence-electron chi connectivity index (χ4n) is 6.02. The number of hydrogen-bond donors (Lipinski definition) is 1. The molecule has 4 heterocycles.